The molecule has 2 N–H and O–H groups in total. The predicted octanol–water partition coefficient (Wildman–Crippen LogP) is 1.83. The van der Waals surface area contributed by atoms with Gasteiger partial charge in [0.2, 0.25) is 0 Å². The molecule has 1 aromatic carbocycles. The Balaban J connectivity index is 2.25. The second kappa shape index (κ2) is 8.88. The predicted molar refractivity (Wildman–Crippen MR) is 69.7 cm³/mol. The number of nitrogens with two attached hydrogens (primary N) is 1. The molecule has 0 aromatic heterocycles. The van der Waals surface area contributed by atoms with E-state index in [9.17, 15) is 0 Å². The van der Waals surface area contributed by atoms with Crippen LogP contribution < -0.4 is 14.8 Å². The van der Waals surface area contributed by atoms with Crippen molar-refractivity contribution in [3.63, 3.8) is 0 Å². The first-order valence-corrected chi connectivity index (χ1v) is 6.54. The largest absolute Gasteiger partial charge is 0.490 e. The zero-order chi connectivity index (χ0) is 12.3. The molecule has 0 unspecified atom stereocenters. The number of hydrogen-bond donors (Lipinski definition) is 1. The van der Waals surface area contributed by atoms with Gasteiger partial charge in [0.25, 0.3) is 0 Å². The third kappa shape index (κ3) is 5.59. The van der Waals surface area contributed by atoms with Crippen molar-refractivity contribution in [2.24, 2.45) is 0 Å². The maximum atomic E-state index is 5.71. The fourth-order valence-electron chi connectivity index (χ4n) is 1.59. The van der Waals surface area contributed by atoms with E-state index in [-0.39, 0.29) is 0 Å². The summed E-state index contributed by atoms with van der Waals surface area (Å²) in [5, 5.41) is 2.30. The smallest absolute Gasteiger partial charge is 0.161 e. The van der Waals surface area contributed by atoms with E-state index in [2.05, 4.69) is 12.2 Å². The molecular formula is C14H24NO2+. The van der Waals surface area contributed by atoms with Gasteiger partial charge in [-0.05, 0) is 25.5 Å². The highest BCUT2D eigenvalue weighted by atomic mass is 16.5. The lowest BCUT2D eigenvalue weighted by atomic mass is 10.3. The van der Waals surface area contributed by atoms with Crippen LogP contribution in [0.15, 0.2) is 24.3 Å². The summed E-state index contributed by atoms with van der Waals surface area (Å²) < 4.78 is 11.2. The minimum absolute atomic E-state index is 0.670. The Morgan fingerprint density at radius 3 is 2.35 bits per heavy atom. The molecule has 0 aliphatic heterocycles. The van der Waals surface area contributed by atoms with Crippen molar-refractivity contribution in [2.75, 3.05) is 26.3 Å². The van der Waals surface area contributed by atoms with Crippen LogP contribution in [0.5, 0.6) is 11.5 Å². The fourth-order valence-corrected chi connectivity index (χ4v) is 1.59. The molecule has 1 aromatic rings. The van der Waals surface area contributed by atoms with Crippen LogP contribution in [-0.2, 0) is 0 Å². The average Bonchev–Trinajstić information content (AvgIpc) is 2.36. The molecule has 96 valence electrons. The van der Waals surface area contributed by atoms with Crippen molar-refractivity contribution in [1.29, 1.82) is 0 Å². The summed E-state index contributed by atoms with van der Waals surface area (Å²) in [6, 6.07) is 7.83. The van der Waals surface area contributed by atoms with Crippen molar-refractivity contribution in [1.82, 2.24) is 0 Å². The highest BCUT2D eigenvalue weighted by Crippen LogP contribution is 2.25. The second-order valence-electron chi connectivity index (χ2n) is 3.95. The highest BCUT2D eigenvalue weighted by Gasteiger charge is 2.03. The van der Waals surface area contributed by atoms with Crippen LogP contribution in [0.4, 0.5) is 0 Å². The van der Waals surface area contributed by atoms with Gasteiger partial charge < -0.3 is 14.8 Å². The molecule has 0 atom stereocenters. The summed E-state index contributed by atoms with van der Waals surface area (Å²) in [6.07, 6.45) is 2.53. The normalized spacial score (nSPS) is 10.2. The lowest BCUT2D eigenvalue weighted by Crippen LogP contribution is -2.85. The first-order chi connectivity index (χ1) is 8.38. The first kappa shape index (κ1) is 13.8. The van der Waals surface area contributed by atoms with Crippen LogP contribution in [0.25, 0.3) is 0 Å². The SMILES string of the molecule is CCCC[NH2+]CCOc1ccccc1OCC. The number of ether oxygens (including phenoxy) is 2. The van der Waals surface area contributed by atoms with Crippen LogP contribution in [0, 0.1) is 0 Å². The topological polar surface area (TPSA) is 35.1 Å². The quantitative estimate of drug-likeness (QED) is 0.666. The Morgan fingerprint density at radius 1 is 1.00 bits per heavy atom. The van der Waals surface area contributed by atoms with Crippen LogP contribution in [0.2, 0.25) is 0 Å². The molecule has 1 rings (SSSR count). The molecule has 0 aliphatic rings. The van der Waals surface area contributed by atoms with Crippen molar-refractivity contribution in [3.8, 4) is 11.5 Å². The van der Waals surface area contributed by atoms with E-state index < -0.39 is 0 Å². The molecule has 0 aliphatic carbocycles. The van der Waals surface area contributed by atoms with Gasteiger partial charge in [-0.25, -0.2) is 0 Å². The maximum absolute atomic E-state index is 5.71. The monoisotopic (exact) mass is 238 g/mol. The second-order valence-corrected chi connectivity index (χ2v) is 3.95. The molecule has 0 amide bonds. The summed E-state index contributed by atoms with van der Waals surface area (Å²) in [6.45, 7) is 7.78. The minimum atomic E-state index is 0.670. The highest BCUT2D eigenvalue weighted by molar-refractivity contribution is 5.39. The Hall–Kier alpha value is -1.22. The van der Waals surface area contributed by atoms with Gasteiger partial charge in [0, 0.05) is 0 Å². The number of hydrogen-bond acceptors (Lipinski definition) is 2. The zero-order valence-electron chi connectivity index (χ0n) is 10.9. The summed E-state index contributed by atoms with van der Waals surface area (Å²) in [7, 11) is 0. The summed E-state index contributed by atoms with van der Waals surface area (Å²) in [5.74, 6) is 1.68. The van der Waals surface area contributed by atoms with Crippen LogP contribution in [0.1, 0.15) is 26.7 Å². The van der Waals surface area contributed by atoms with Crippen molar-refractivity contribution in [2.45, 2.75) is 26.7 Å². The van der Waals surface area contributed by atoms with Gasteiger partial charge in [0.05, 0.1) is 13.2 Å². The van der Waals surface area contributed by atoms with E-state index in [1.807, 2.05) is 31.2 Å². The van der Waals surface area contributed by atoms with E-state index in [0.717, 1.165) is 24.7 Å². The molecule has 0 radical (unpaired) electrons. The number of para-hydroxylation sites is 2. The third-order valence-corrected chi connectivity index (χ3v) is 2.49. The van der Waals surface area contributed by atoms with Gasteiger partial charge in [-0.3, -0.25) is 0 Å². The fraction of sp³-hybridized carbons (Fsp3) is 0.571. The molecule has 17 heavy (non-hydrogen) atoms. The Bertz CT molecular complexity index is 302. The molecule has 0 saturated carbocycles. The summed E-state index contributed by atoms with van der Waals surface area (Å²) >= 11 is 0. The van der Waals surface area contributed by atoms with Gasteiger partial charge >= 0.3 is 0 Å². The van der Waals surface area contributed by atoms with Gasteiger partial charge in [0.15, 0.2) is 11.5 Å². The Morgan fingerprint density at radius 2 is 1.71 bits per heavy atom. The maximum Gasteiger partial charge on any atom is 0.161 e. The van der Waals surface area contributed by atoms with Gasteiger partial charge in [-0.1, -0.05) is 25.5 Å². The molecule has 0 saturated heterocycles. The van der Waals surface area contributed by atoms with Gasteiger partial charge in [0.1, 0.15) is 13.2 Å². The summed E-state index contributed by atoms with van der Waals surface area (Å²) in [4.78, 5) is 0. The molecule has 0 bridgehead atoms. The minimum Gasteiger partial charge on any atom is -0.490 e. The van der Waals surface area contributed by atoms with Gasteiger partial charge in [-0.15, -0.1) is 0 Å². The number of rotatable bonds is 9. The lowest BCUT2D eigenvalue weighted by Gasteiger charge is -2.10. The standard InChI is InChI=1S/C14H23NO2/c1-3-5-10-15-11-12-17-14-9-7-6-8-13(14)16-4-2/h6-9,15H,3-5,10-12H2,1-2H3/p+1. The molecule has 0 fully saturated rings. The van der Waals surface area contributed by atoms with Crippen molar-refractivity contribution >= 4 is 0 Å². The van der Waals surface area contributed by atoms with Crippen LogP contribution in [-0.4, -0.2) is 26.3 Å². The molecule has 3 heteroatoms. The lowest BCUT2D eigenvalue weighted by molar-refractivity contribution is -0.655. The Kier molecular flexibility index (Phi) is 7.23. The molecule has 0 heterocycles. The molecular weight excluding hydrogens is 214 g/mol. The van der Waals surface area contributed by atoms with Crippen LogP contribution >= 0.6 is 0 Å². The van der Waals surface area contributed by atoms with Crippen LogP contribution in [0.3, 0.4) is 0 Å². The van der Waals surface area contributed by atoms with Crippen molar-refractivity contribution in [3.05, 3.63) is 24.3 Å². The molecule has 0 spiro atoms. The van der Waals surface area contributed by atoms with E-state index in [1.54, 1.807) is 0 Å². The van der Waals surface area contributed by atoms with E-state index in [0.29, 0.717) is 6.61 Å². The number of quaternary nitrogens is 1. The Labute approximate surface area is 104 Å². The number of benzene rings is 1. The summed E-state index contributed by atoms with van der Waals surface area (Å²) in [5.41, 5.74) is 0. The average molecular weight is 238 g/mol. The molecule has 3 nitrogen and oxygen atoms in total. The van der Waals surface area contributed by atoms with Gasteiger partial charge in [-0.2, -0.15) is 0 Å². The van der Waals surface area contributed by atoms with Crippen molar-refractivity contribution < 1.29 is 14.8 Å². The number of unbranched alkanes of at least 4 members (excludes halogenated alkanes) is 1. The zero-order valence-corrected chi connectivity index (χ0v) is 10.9. The third-order valence-electron chi connectivity index (χ3n) is 2.49. The van der Waals surface area contributed by atoms with E-state index in [1.165, 1.54) is 19.4 Å². The first-order valence-electron chi connectivity index (χ1n) is 6.54. The van der Waals surface area contributed by atoms with E-state index >= 15 is 0 Å². The van der Waals surface area contributed by atoms with E-state index in [4.69, 9.17) is 9.47 Å².